The Kier molecular flexibility index (Phi) is 5.26. The molecule has 0 aliphatic carbocycles. The van der Waals surface area contributed by atoms with Crippen LogP contribution in [0.3, 0.4) is 0 Å². The van der Waals surface area contributed by atoms with Crippen molar-refractivity contribution in [2.24, 2.45) is 5.92 Å². The first kappa shape index (κ1) is 13.0. The summed E-state index contributed by atoms with van der Waals surface area (Å²) in [5, 5.41) is 3.28. The van der Waals surface area contributed by atoms with E-state index in [1.165, 1.54) is 0 Å². The highest BCUT2D eigenvalue weighted by molar-refractivity contribution is 5.29. The summed E-state index contributed by atoms with van der Waals surface area (Å²) < 4.78 is 5.75. The maximum absolute atomic E-state index is 5.75. The molecule has 1 aromatic heterocycles. The topological polar surface area (TPSA) is 34.2 Å². The summed E-state index contributed by atoms with van der Waals surface area (Å²) in [6.45, 7) is 10.8. The normalized spacial score (nSPS) is 10.8. The van der Waals surface area contributed by atoms with Crippen molar-refractivity contribution in [2.75, 3.05) is 13.2 Å². The summed E-state index contributed by atoms with van der Waals surface area (Å²) >= 11 is 0. The van der Waals surface area contributed by atoms with Gasteiger partial charge in [0.15, 0.2) is 0 Å². The van der Waals surface area contributed by atoms with E-state index in [0.717, 1.165) is 36.8 Å². The van der Waals surface area contributed by atoms with Crippen LogP contribution in [-0.2, 0) is 6.54 Å². The summed E-state index contributed by atoms with van der Waals surface area (Å²) in [4.78, 5) is 4.50. The first-order valence-electron chi connectivity index (χ1n) is 5.93. The standard InChI is InChI=1S/C13H22N2O/c1-5-14-8-12-13(16-9-10(2)3)7-6-11(4)15-12/h6-7,10,14H,5,8-9H2,1-4H3. The lowest BCUT2D eigenvalue weighted by molar-refractivity contribution is 0.266. The van der Waals surface area contributed by atoms with Crippen LogP contribution >= 0.6 is 0 Å². The van der Waals surface area contributed by atoms with Crippen LogP contribution in [0.5, 0.6) is 5.75 Å². The van der Waals surface area contributed by atoms with Gasteiger partial charge in [0.25, 0.3) is 0 Å². The van der Waals surface area contributed by atoms with Crippen LogP contribution in [-0.4, -0.2) is 18.1 Å². The Morgan fingerprint density at radius 3 is 2.75 bits per heavy atom. The van der Waals surface area contributed by atoms with E-state index in [1.807, 2.05) is 19.1 Å². The van der Waals surface area contributed by atoms with E-state index in [2.05, 4.69) is 31.1 Å². The Bertz CT molecular complexity index is 324. The first-order chi connectivity index (χ1) is 7.63. The molecule has 1 heterocycles. The quantitative estimate of drug-likeness (QED) is 0.803. The molecule has 0 aromatic carbocycles. The van der Waals surface area contributed by atoms with E-state index < -0.39 is 0 Å². The zero-order chi connectivity index (χ0) is 12.0. The molecule has 0 aliphatic rings. The highest BCUT2D eigenvalue weighted by Gasteiger charge is 2.06. The number of hydrogen-bond donors (Lipinski definition) is 1. The van der Waals surface area contributed by atoms with Gasteiger partial charge < -0.3 is 10.1 Å². The molecule has 0 atom stereocenters. The van der Waals surface area contributed by atoms with Crippen LogP contribution in [0.1, 0.15) is 32.2 Å². The van der Waals surface area contributed by atoms with Crippen LogP contribution < -0.4 is 10.1 Å². The molecule has 0 aliphatic heterocycles. The van der Waals surface area contributed by atoms with Crippen molar-refractivity contribution in [3.05, 3.63) is 23.5 Å². The van der Waals surface area contributed by atoms with Gasteiger partial charge in [-0.3, -0.25) is 4.98 Å². The summed E-state index contributed by atoms with van der Waals surface area (Å²) in [6, 6.07) is 4.00. The van der Waals surface area contributed by atoms with E-state index in [-0.39, 0.29) is 0 Å². The molecule has 3 nitrogen and oxygen atoms in total. The minimum atomic E-state index is 0.535. The summed E-state index contributed by atoms with van der Waals surface area (Å²) in [5.74, 6) is 1.44. The van der Waals surface area contributed by atoms with Gasteiger partial charge in [0.1, 0.15) is 5.75 Å². The average molecular weight is 222 g/mol. The van der Waals surface area contributed by atoms with Gasteiger partial charge in [-0.1, -0.05) is 20.8 Å². The Morgan fingerprint density at radius 1 is 1.38 bits per heavy atom. The lowest BCUT2D eigenvalue weighted by Gasteiger charge is -2.13. The summed E-state index contributed by atoms with van der Waals surface area (Å²) in [7, 11) is 0. The van der Waals surface area contributed by atoms with Crippen LogP contribution in [0.2, 0.25) is 0 Å². The molecule has 0 saturated heterocycles. The fraction of sp³-hybridized carbons (Fsp3) is 0.615. The van der Waals surface area contributed by atoms with Gasteiger partial charge in [-0.25, -0.2) is 0 Å². The molecule has 16 heavy (non-hydrogen) atoms. The second-order valence-corrected chi connectivity index (χ2v) is 4.38. The van der Waals surface area contributed by atoms with Crippen molar-refractivity contribution in [2.45, 2.75) is 34.2 Å². The maximum atomic E-state index is 5.75. The van der Waals surface area contributed by atoms with E-state index in [1.54, 1.807) is 0 Å². The lowest BCUT2D eigenvalue weighted by Crippen LogP contribution is -2.15. The van der Waals surface area contributed by atoms with Crippen molar-refractivity contribution in [1.82, 2.24) is 10.3 Å². The molecule has 0 fully saturated rings. The van der Waals surface area contributed by atoms with Crippen molar-refractivity contribution in [1.29, 1.82) is 0 Å². The van der Waals surface area contributed by atoms with E-state index in [0.29, 0.717) is 5.92 Å². The third-order valence-corrected chi connectivity index (χ3v) is 2.19. The molecule has 3 heteroatoms. The Hall–Kier alpha value is -1.09. The van der Waals surface area contributed by atoms with E-state index in [9.17, 15) is 0 Å². The van der Waals surface area contributed by atoms with Gasteiger partial charge in [0.05, 0.1) is 12.3 Å². The van der Waals surface area contributed by atoms with Crippen molar-refractivity contribution < 1.29 is 4.74 Å². The minimum Gasteiger partial charge on any atom is -0.491 e. The maximum Gasteiger partial charge on any atom is 0.142 e. The number of aromatic nitrogens is 1. The number of ether oxygens (including phenoxy) is 1. The summed E-state index contributed by atoms with van der Waals surface area (Å²) in [6.07, 6.45) is 0. The predicted octanol–water partition coefficient (Wildman–Crippen LogP) is 2.53. The molecule has 1 N–H and O–H groups in total. The second kappa shape index (κ2) is 6.48. The molecular formula is C13H22N2O. The molecular weight excluding hydrogens is 200 g/mol. The minimum absolute atomic E-state index is 0.535. The van der Waals surface area contributed by atoms with Gasteiger partial charge in [-0.05, 0) is 31.5 Å². The van der Waals surface area contributed by atoms with E-state index >= 15 is 0 Å². The Labute approximate surface area is 98.2 Å². The average Bonchev–Trinajstić information content (AvgIpc) is 2.24. The summed E-state index contributed by atoms with van der Waals surface area (Å²) in [5.41, 5.74) is 2.03. The molecule has 0 unspecified atom stereocenters. The molecule has 90 valence electrons. The lowest BCUT2D eigenvalue weighted by atomic mass is 10.2. The van der Waals surface area contributed by atoms with Crippen LogP contribution in [0.15, 0.2) is 12.1 Å². The Balaban J connectivity index is 2.72. The number of pyridine rings is 1. The van der Waals surface area contributed by atoms with Gasteiger partial charge >= 0.3 is 0 Å². The van der Waals surface area contributed by atoms with Crippen LogP contribution in [0.4, 0.5) is 0 Å². The number of nitrogens with one attached hydrogen (secondary N) is 1. The molecule has 0 spiro atoms. The predicted molar refractivity (Wildman–Crippen MR) is 66.7 cm³/mol. The number of rotatable bonds is 6. The van der Waals surface area contributed by atoms with Crippen LogP contribution in [0.25, 0.3) is 0 Å². The molecule has 0 bridgehead atoms. The molecule has 0 amide bonds. The molecule has 1 rings (SSSR count). The highest BCUT2D eigenvalue weighted by Crippen LogP contribution is 2.17. The Morgan fingerprint density at radius 2 is 2.12 bits per heavy atom. The third-order valence-electron chi connectivity index (χ3n) is 2.19. The molecule has 0 radical (unpaired) electrons. The largest absolute Gasteiger partial charge is 0.491 e. The smallest absolute Gasteiger partial charge is 0.142 e. The van der Waals surface area contributed by atoms with Gasteiger partial charge in [-0.2, -0.15) is 0 Å². The van der Waals surface area contributed by atoms with Gasteiger partial charge in [-0.15, -0.1) is 0 Å². The van der Waals surface area contributed by atoms with Crippen molar-refractivity contribution in [3.8, 4) is 5.75 Å². The molecule has 0 saturated carbocycles. The van der Waals surface area contributed by atoms with Gasteiger partial charge in [0.2, 0.25) is 0 Å². The number of hydrogen-bond acceptors (Lipinski definition) is 3. The second-order valence-electron chi connectivity index (χ2n) is 4.38. The highest BCUT2D eigenvalue weighted by atomic mass is 16.5. The van der Waals surface area contributed by atoms with Crippen molar-refractivity contribution >= 4 is 0 Å². The number of aryl methyl sites for hydroxylation is 1. The SMILES string of the molecule is CCNCc1nc(C)ccc1OCC(C)C. The van der Waals surface area contributed by atoms with Gasteiger partial charge in [0, 0.05) is 12.2 Å². The monoisotopic (exact) mass is 222 g/mol. The molecule has 1 aromatic rings. The zero-order valence-corrected chi connectivity index (χ0v) is 10.7. The van der Waals surface area contributed by atoms with Crippen molar-refractivity contribution in [3.63, 3.8) is 0 Å². The first-order valence-corrected chi connectivity index (χ1v) is 5.93. The zero-order valence-electron chi connectivity index (χ0n) is 10.7. The third kappa shape index (κ3) is 4.19. The van der Waals surface area contributed by atoms with E-state index in [4.69, 9.17) is 4.74 Å². The van der Waals surface area contributed by atoms with Crippen LogP contribution in [0, 0.1) is 12.8 Å². The fourth-order valence-corrected chi connectivity index (χ4v) is 1.36. The number of nitrogens with zero attached hydrogens (tertiary/aromatic N) is 1. The fourth-order valence-electron chi connectivity index (χ4n) is 1.36.